The Morgan fingerprint density at radius 1 is 1.38 bits per heavy atom. The van der Waals surface area contributed by atoms with Crippen LogP contribution in [0.5, 0.6) is 5.75 Å². The second kappa shape index (κ2) is 3.23. The smallest absolute Gasteiger partial charge is 0.127 e. The van der Waals surface area contributed by atoms with Gasteiger partial charge in [-0.3, -0.25) is 0 Å². The van der Waals surface area contributed by atoms with Gasteiger partial charge in [0.2, 0.25) is 0 Å². The Hall–Kier alpha value is -1.28. The topological polar surface area (TPSA) is 35.2 Å². The average molecular weight is 175 g/mol. The van der Waals surface area contributed by atoms with Crippen LogP contribution in [0.15, 0.2) is 29.8 Å². The van der Waals surface area contributed by atoms with Gasteiger partial charge in [-0.1, -0.05) is 18.2 Å². The summed E-state index contributed by atoms with van der Waals surface area (Å²) in [6.07, 6.45) is 0. The van der Waals surface area contributed by atoms with E-state index in [1.807, 2.05) is 18.2 Å². The van der Waals surface area contributed by atoms with Crippen LogP contribution in [0.4, 0.5) is 0 Å². The summed E-state index contributed by atoms with van der Waals surface area (Å²) in [7, 11) is 0. The van der Waals surface area contributed by atoms with Crippen molar-refractivity contribution in [2.75, 3.05) is 13.2 Å². The van der Waals surface area contributed by atoms with Crippen molar-refractivity contribution < 1.29 is 4.74 Å². The Labute approximate surface area is 78.0 Å². The first-order valence-corrected chi connectivity index (χ1v) is 4.44. The van der Waals surface area contributed by atoms with Crippen molar-refractivity contribution in [1.29, 1.82) is 0 Å². The molecule has 2 nitrogen and oxygen atoms in total. The second-order valence-electron chi connectivity index (χ2n) is 3.22. The van der Waals surface area contributed by atoms with Crippen molar-refractivity contribution in [3.8, 4) is 5.75 Å². The maximum Gasteiger partial charge on any atom is 0.127 e. The van der Waals surface area contributed by atoms with Crippen LogP contribution < -0.4 is 10.5 Å². The molecule has 0 amide bonds. The standard InChI is InChI=1S/C11H13NO/c1-8-9(6-12)7-13-11-5-3-2-4-10(8)11/h2-5H,6-7,12H2,1H3. The maximum absolute atomic E-state index is 5.61. The number of para-hydroxylation sites is 1. The summed E-state index contributed by atoms with van der Waals surface area (Å²) in [5.41, 5.74) is 9.25. The van der Waals surface area contributed by atoms with E-state index in [4.69, 9.17) is 10.5 Å². The Morgan fingerprint density at radius 2 is 2.15 bits per heavy atom. The first-order chi connectivity index (χ1) is 6.33. The third kappa shape index (κ3) is 1.33. The highest BCUT2D eigenvalue weighted by atomic mass is 16.5. The molecule has 1 aromatic carbocycles. The molecule has 0 saturated carbocycles. The molecular formula is C11H13NO. The average Bonchev–Trinajstić information content (AvgIpc) is 2.19. The molecule has 2 rings (SSSR count). The Kier molecular flexibility index (Phi) is 2.07. The van der Waals surface area contributed by atoms with Gasteiger partial charge >= 0.3 is 0 Å². The lowest BCUT2D eigenvalue weighted by molar-refractivity contribution is 0.344. The van der Waals surface area contributed by atoms with Gasteiger partial charge in [0.05, 0.1) is 0 Å². The van der Waals surface area contributed by atoms with Gasteiger partial charge in [0.15, 0.2) is 0 Å². The molecule has 1 aromatic rings. The highest BCUT2D eigenvalue weighted by Gasteiger charge is 2.14. The minimum Gasteiger partial charge on any atom is -0.489 e. The molecule has 1 aliphatic rings. The van der Waals surface area contributed by atoms with Crippen LogP contribution in [-0.4, -0.2) is 13.2 Å². The maximum atomic E-state index is 5.61. The zero-order valence-corrected chi connectivity index (χ0v) is 7.71. The number of benzene rings is 1. The van der Waals surface area contributed by atoms with Crippen molar-refractivity contribution in [3.63, 3.8) is 0 Å². The van der Waals surface area contributed by atoms with E-state index in [9.17, 15) is 0 Å². The number of hydrogen-bond donors (Lipinski definition) is 1. The molecule has 0 bridgehead atoms. The molecule has 0 unspecified atom stereocenters. The third-order valence-corrected chi connectivity index (χ3v) is 2.47. The fraction of sp³-hybridized carbons (Fsp3) is 0.273. The Balaban J connectivity index is 2.52. The van der Waals surface area contributed by atoms with Crippen LogP contribution in [0.2, 0.25) is 0 Å². The van der Waals surface area contributed by atoms with Crippen molar-refractivity contribution in [2.45, 2.75) is 6.92 Å². The predicted molar refractivity (Wildman–Crippen MR) is 53.6 cm³/mol. The van der Waals surface area contributed by atoms with Crippen molar-refractivity contribution in [2.24, 2.45) is 5.73 Å². The van der Waals surface area contributed by atoms with Crippen LogP contribution in [0.25, 0.3) is 5.57 Å². The van der Waals surface area contributed by atoms with Gasteiger partial charge in [-0.25, -0.2) is 0 Å². The highest BCUT2D eigenvalue weighted by Crippen LogP contribution is 2.31. The minimum absolute atomic E-state index is 0.583. The largest absolute Gasteiger partial charge is 0.489 e. The van der Waals surface area contributed by atoms with Crippen LogP contribution in [-0.2, 0) is 0 Å². The van der Waals surface area contributed by atoms with E-state index >= 15 is 0 Å². The fourth-order valence-electron chi connectivity index (χ4n) is 1.58. The third-order valence-electron chi connectivity index (χ3n) is 2.47. The summed E-state index contributed by atoms with van der Waals surface area (Å²) >= 11 is 0. The second-order valence-corrected chi connectivity index (χ2v) is 3.22. The SMILES string of the molecule is CC1=C(CN)COc2ccccc21. The molecule has 1 heterocycles. The highest BCUT2D eigenvalue weighted by molar-refractivity contribution is 5.73. The number of hydrogen-bond acceptors (Lipinski definition) is 2. The van der Waals surface area contributed by atoms with Gasteiger partial charge in [-0.05, 0) is 24.1 Å². The molecular weight excluding hydrogens is 162 g/mol. The van der Waals surface area contributed by atoms with E-state index in [0.29, 0.717) is 13.2 Å². The minimum atomic E-state index is 0.583. The van der Waals surface area contributed by atoms with Crippen molar-refractivity contribution in [3.05, 3.63) is 35.4 Å². The molecule has 13 heavy (non-hydrogen) atoms. The number of allylic oxidation sites excluding steroid dienone is 1. The number of ether oxygens (including phenoxy) is 1. The fourth-order valence-corrected chi connectivity index (χ4v) is 1.58. The summed E-state index contributed by atoms with van der Waals surface area (Å²) in [6, 6.07) is 8.07. The Morgan fingerprint density at radius 3 is 2.92 bits per heavy atom. The molecule has 1 aliphatic heterocycles. The molecule has 0 atom stereocenters. The first-order valence-electron chi connectivity index (χ1n) is 4.44. The lowest BCUT2D eigenvalue weighted by Crippen LogP contribution is -2.16. The van der Waals surface area contributed by atoms with Crippen LogP contribution >= 0.6 is 0 Å². The lowest BCUT2D eigenvalue weighted by atomic mass is 9.99. The number of rotatable bonds is 1. The van der Waals surface area contributed by atoms with Crippen LogP contribution in [0.1, 0.15) is 12.5 Å². The molecule has 68 valence electrons. The molecule has 0 fully saturated rings. The Bertz CT molecular complexity index is 355. The predicted octanol–water partition coefficient (Wildman–Crippen LogP) is 1.81. The molecule has 0 aromatic heterocycles. The zero-order valence-electron chi connectivity index (χ0n) is 7.71. The number of nitrogens with two attached hydrogens (primary N) is 1. The van der Waals surface area contributed by atoms with Crippen LogP contribution in [0, 0.1) is 0 Å². The van der Waals surface area contributed by atoms with Gasteiger partial charge in [-0.2, -0.15) is 0 Å². The summed E-state index contributed by atoms with van der Waals surface area (Å²) < 4.78 is 5.56. The monoisotopic (exact) mass is 175 g/mol. The first kappa shape index (κ1) is 8.32. The summed E-state index contributed by atoms with van der Waals surface area (Å²) in [5.74, 6) is 0.970. The normalized spacial score (nSPS) is 15.2. The molecule has 0 aliphatic carbocycles. The molecule has 0 radical (unpaired) electrons. The van der Waals surface area contributed by atoms with E-state index in [2.05, 4.69) is 13.0 Å². The summed E-state index contributed by atoms with van der Waals surface area (Å²) in [4.78, 5) is 0. The quantitative estimate of drug-likeness (QED) is 0.706. The van der Waals surface area contributed by atoms with Crippen molar-refractivity contribution >= 4 is 5.57 Å². The van der Waals surface area contributed by atoms with Gasteiger partial charge < -0.3 is 10.5 Å². The van der Waals surface area contributed by atoms with Crippen molar-refractivity contribution in [1.82, 2.24) is 0 Å². The molecule has 2 N–H and O–H groups in total. The molecule has 2 heteroatoms. The van der Waals surface area contributed by atoms with Gasteiger partial charge in [-0.15, -0.1) is 0 Å². The van der Waals surface area contributed by atoms with E-state index in [-0.39, 0.29) is 0 Å². The zero-order chi connectivity index (χ0) is 9.26. The summed E-state index contributed by atoms with van der Waals surface area (Å²) in [6.45, 7) is 3.32. The van der Waals surface area contributed by atoms with E-state index in [0.717, 1.165) is 5.75 Å². The lowest BCUT2D eigenvalue weighted by Gasteiger charge is -2.21. The van der Waals surface area contributed by atoms with E-state index in [1.165, 1.54) is 16.7 Å². The van der Waals surface area contributed by atoms with Crippen LogP contribution in [0.3, 0.4) is 0 Å². The van der Waals surface area contributed by atoms with E-state index < -0.39 is 0 Å². The van der Waals surface area contributed by atoms with E-state index in [1.54, 1.807) is 0 Å². The van der Waals surface area contributed by atoms with Gasteiger partial charge in [0, 0.05) is 12.1 Å². The van der Waals surface area contributed by atoms with Gasteiger partial charge in [0.25, 0.3) is 0 Å². The number of fused-ring (bicyclic) bond motifs is 1. The molecule has 0 spiro atoms. The summed E-state index contributed by atoms with van der Waals surface area (Å²) in [5, 5.41) is 0. The molecule has 0 saturated heterocycles. The van der Waals surface area contributed by atoms with Gasteiger partial charge in [0.1, 0.15) is 12.4 Å².